The van der Waals surface area contributed by atoms with Gasteiger partial charge in [0.15, 0.2) is 0 Å². The second kappa shape index (κ2) is 7.42. The second-order valence-corrected chi connectivity index (χ2v) is 5.97. The summed E-state index contributed by atoms with van der Waals surface area (Å²) in [4.78, 5) is 4.25. The van der Waals surface area contributed by atoms with Crippen molar-refractivity contribution < 1.29 is 13.5 Å². The van der Waals surface area contributed by atoms with E-state index < -0.39 is 10.0 Å². The van der Waals surface area contributed by atoms with Crippen LogP contribution in [-0.4, -0.2) is 49.1 Å². The molecule has 0 aliphatic rings. The third-order valence-corrected chi connectivity index (χ3v) is 4.44. The van der Waals surface area contributed by atoms with Gasteiger partial charge in [0.1, 0.15) is 5.82 Å². The van der Waals surface area contributed by atoms with Gasteiger partial charge in [-0.3, -0.25) is 0 Å². The van der Waals surface area contributed by atoms with Crippen LogP contribution in [0.5, 0.6) is 0 Å². The van der Waals surface area contributed by atoms with Gasteiger partial charge in [0.05, 0.1) is 11.5 Å². The Morgan fingerprint density at radius 3 is 2.68 bits per heavy atom. The third kappa shape index (κ3) is 4.15. The molecule has 0 atom stereocenters. The Balaban J connectivity index is 3.06. The quantitative estimate of drug-likeness (QED) is 0.742. The van der Waals surface area contributed by atoms with Crippen LogP contribution < -0.4 is 5.32 Å². The Morgan fingerprint density at radius 2 is 2.11 bits per heavy atom. The molecule has 0 amide bonds. The topological polar surface area (TPSA) is 82.5 Å². The van der Waals surface area contributed by atoms with Crippen molar-refractivity contribution in [1.29, 1.82) is 0 Å². The molecule has 0 aromatic carbocycles. The van der Waals surface area contributed by atoms with Crippen molar-refractivity contribution in [2.24, 2.45) is 0 Å². The molecule has 0 fully saturated rings. The molecule has 1 heterocycles. The molecule has 108 valence electrons. The summed E-state index contributed by atoms with van der Waals surface area (Å²) in [6.07, 6.45) is 2.17. The van der Waals surface area contributed by atoms with Gasteiger partial charge in [-0.2, -0.15) is 4.31 Å². The van der Waals surface area contributed by atoms with Gasteiger partial charge in [-0.05, 0) is 19.4 Å². The van der Waals surface area contributed by atoms with E-state index in [1.165, 1.54) is 22.6 Å². The predicted octanol–water partition coefficient (Wildman–Crippen LogP) is 0.906. The van der Waals surface area contributed by atoms with Crippen LogP contribution in [-0.2, 0) is 10.0 Å². The second-order valence-electron chi connectivity index (χ2n) is 4.03. The van der Waals surface area contributed by atoms with Crippen LogP contribution in [0.2, 0.25) is 0 Å². The summed E-state index contributed by atoms with van der Waals surface area (Å²) >= 11 is 0. The number of aromatic nitrogens is 1. The molecular formula is C12H21N3O3S. The molecule has 1 aromatic rings. The standard InChI is InChI=1S/C12H21N3O3S/c1-3-7-15(8-9-16)19(17,18)11-5-6-14-12(10-11)13-4-2/h5-6,10,16H,3-4,7-9H2,1-2H3,(H,13,14). The molecule has 0 spiro atoms. The molecule has 0 unspecified atom stereocenters. The molecule has 0 saturated carbocycles. The maximum atomic E-state index is 12.4. The van der Waals surface area contributed by atoms with Gasteiger partial charge >= 0.3 is 0 Å². The Kier molecular flexibility index (Phi) is 6.20. The average Bonchev–Trinajstić information content (AvgIpc) is 2.39. The Morgan fingerprint density at radius 1 is 1.37 bits per heavy atom. The van der Waals surface area contributed by atoms with E-state index in [0.717, 1.165) is 0 Å². The lowest BCUT2D eigenvalue weighted by molar-refractivity contribution is 0.253. The maximum absolute atomic E-state index is 12.4. The first-order chi connectivity index (χ1) is 9.06. The number of hydrogen-bond acceptors (Lipinski definition) is 5. The molecule has 6 nitrogen and oxygen atoms in total. The highest BCUT2D eigenvalue weighted by Gasteiger charge is 2.23. The van der Waals surface area contributed by atoms with Gasteiger partial charge in [0.25, 0.3) is 0 Å². The number of rotatable bonds is 8. The minimum atomic E-state index is -3.57. The summed E-state index contributed by atoms with van der Waals surface area (Å²) in [6, 6.07) is 2.98. The zero-order valence-corrected chi connectivity index (χ0v) is 12.2. The molecule has 1 aromatic heterocycles. The molecule has 0 saturated heterocycles. The molecule has 0 aliphatic heterocycles. The van der Waals surface area contributed by atoms with Crippen molar-refractivity contribution in [3.63, 3.8) is 0 Å². The largest absolute Gasteiger partial charge is 0.395 e. The van der Waals surface area contributed by atoms with Crippen molar-refractivity contribution in [2.75, 3.05) is 31.6 Å². The number of nitrogens with one attached hydrogen (secondary N) is 1. The molecular weight excluding hydrogens is 266 g/mol. The highest BCUT2D eigenvalue weighted by molar-refractivity contribution is 7.89. The van der Waals surface area contributed by atoms with E-state index in [0.29, 0.717) is 25.3 Å². The van der Waals surface area contributed by atoms with Gasteiger partial charge < -0.3 is 10.4 Å². The fourth-order valence-corrected chi connectivity index (χ4v) is 3.25. The van der Waals surface area contributed by atoms with Crippen molar-refractivity contribution in [1.82, 2.24) is 9.29 Å². The number of pyridine rings is 1. The van der Waals surface area contributed by atoms with Crippen molar-refractivity contribution >= 4 is 15.8 Å². The SMILES string of the molecule is CCCN(CCO)S(=O)(=O)c1ccnc(NCC)c1. The van der Waals surface area contributed by atoms with E-state index in [-0.39, 0.29) is 18.0 Å². The van der Waals surface area contributed by atoms with E-state index in [2.05, 4.69) is 10.3 Å². The number of hydrogen-bond donors (Lipinski definition) is 2. The van der Waals surface area contributed by atoms with E-state index in [4.69, 9.17) is 5.11 Å². The first-order valence-corrected chi connectivity index (χ1v) is 7.81. The third-order valence-electron chi connectivity index (χ3n) is 2.55. The molecule has 0 aliphatic carbocycles. The van der Waals surface area contributed by atoms with Gasteiger partial charge in [-0.1, -0.05) is 6.92 Å². The lowest BCUT2D eigenvalue weighted by atomic mass is 10.4. The van der Waals surface area contributed by atoms with E-state index in [1.54, 1.807) is 0 Å². The summed E-state index contributed by atoms with van der Waals surface area (Å²) in [6.45, 7) is 4.79. The Labute approximate surface area is 114 Å². The Bertz CT molecular complexity index is 485. The number of nitrogens with zero attached hydrogens (tertiary/aromatic N) is 2. The van der Waals surface area contributed by atoms with Crippen LogP contribution in [0.4, 0.5) is 5.82 Å². The zero-order valence-electron chi connectivity index (χ0n) is 11.3. The summed E-state index contributed by atoms with van der Waals surface area (Å²) in [7, 11) is -3.57. The highest BCUT2D eigenvalue weighted by Crippen LogP contribution is 2.18. The van der Waals surface area contributed by atoms with Gasteiger partial charge in [-0.25, -0.2) is 13.4 Å². The van der Waals surface area contributed by atoms with Gasteiger partial charge in [0.2, 0.25) is 10.0 Å². The smallest absolute Gasteiger partial charge is 0.243 e. The lowest BCUT2D eigenvalue weighted by Gasteiger charge is -2.20. The summed E-state index contributed by atoms with van der Waals surface area (Å²) in [5, 5.41) is 12.0. The predicted molar refractivity (Wildman–Crippen MR) is 74.5 cm³/mol. The van der Waals surface area contributed by atoms with Crippen LogP contribution in [0.15, 0.2) is 23.2 Å². The number of sulfonamides is 1. The Hall–Kier alpha value is -1.18. The minimum absolute atomic E-state index is 0.106. The number of aliphatic hydroxyl groups is 1. The molecule has 0 bridgehead atoms. The van der Waals surface area contributed by atoms with Gasteiger partial charge in [0, 0.05) is 31.9 Å². The molecule has 19 heavy (non-hydrogen) atoms. The summed E-state index contributed by atoms with van der Waals surface area (Å²) in [5.41, 5.74) is 0. The lowest BCUT2D eigenvalue weighted by Crippen LogP contribution is -2.34. The summed E-state index contributed by atoms with van der Waals surface area (Å²) in [5.74, 6) is 0.532. The van der Waals surface area contributed by atoms with E-state index >= 15 is 0 Å². The monoisotopic (exact) mass is 287 g/mol. The average molecular weight is 287 g/mol. The van der Waals surface area contributed by atoms with Crippen LogP contribution in [0.1, 0.15) is 20.3 Å². The van der Waals surface area contributed by atoms with Gasteiger partial charge in [-0.15, -0.1) is 0 Å². The first-order valence-electron chi connectivity index (χ1n) is 6.37. The van der Waals surface area contributed by atoms with Crippen LogP contribution in [0.25, 0.3) is 0 Å². The van der Waals surface area contributed by atoms with E-state index in [9.17, 15) is 8.42 Å². The van der Waals surface area contributed by atoms with Crippen molar-refractivity contribution in [3.8, 4) is 0 Å². The first kappa shape index (κ1) is 15.9. The van der Waals surface area contributed by atoms with Crippen LogP contribution >= 0.6 is 0 Å². The van der Waals surface area contributed by atoms with Crippen LogP contribution in [0, 0.1) is 0 Å². The zero-order chi connectivity index (χ0) is 14.3. The van der Waals surface area contributed by atoms with Crippen molar-refractivity contribution in [2.45, 2.75) is 25.2 Å². The molecule has 0 radical (unpaired) electrons. The normalized spacial score (nSPS) is 11.8. The fourth-order valence-electron chi connectivity index (χ4n) is 1.71. The maximum Gasteiger partial charge on any atom is 0.243 e. The highest BCUT2D eigenvalue weighted by atomic mass is 32.2. The fraction of sp³-hybridized carbons (Fsp3) is 0.583. The molecule has 7 heteroatoms. The summed E-state index contributed by atoms with van der Waals surface area (Å²) < 4.78 is 26.1. The minimum Gasteiger partial charge on any atom is -0.395 e. The number of anilines is 1. The molecule has 1 rings (SSSR count). The van der Waals surface area contributed by atoms with Crippen molar-refractivity contribution in [3.05, 3.63) is 18.3 Å². The number of aliphatic hydroxyl groups excluding tert-OH is 1. The van der Waals surface area contributed by atoms with Crippen LogP contribution in [0.3, 0.4) is 0 Å². The van der Waals surface area contributed by atoms with E-state index in [1.807, 2.05) is 13.8 Å². The molecule has 2 N–H and O–H groups in total.